The minimum absolute atomic E-state index is 0. The lowest BCUT2D eigenvalue weighted by atomic mass is 9.49. The summed E-state index contributed by atoms with van der Waals surface area (Å²) in [4.78, 5) is 0. The van der Waals surface area contributed by atoms with Gasteiger partial charge in [-0.2, -0.15) is 0 Å². The van der Waals surface area contributed by atoms with Crippen LogP contribution in [0.4, 0.5) is 0 Å². The molecule has 496 valence electrons. The van der Waals surface area contributed by atoms with Gasteiger partial charge in [-0.25, -0.2) is 0 Å². The summed E-state index contributed by atoms with van der Waals surface area (Å²) in [6, 6.07) is 2.21. The van der Waals surface area contributed by atoms with E-state index < -0.39 is 0 Å². The van der Waals surface area contributed by atoms with Crippen LogP contribution < -0.4 is 33.2 Å². The maximum atomic E-state index is 10.5. The van der Waals surface area contributed by atoms with Gasteiger partial charge in [0.2, 0.25) is 0 Å². The molecule has 12 rings (SSSR count). The highest BCUT2D eigenvalue weighted by Crippen LogP contribution is 2.67. The van der Waals surface area contributed by atoms with Crippen molar-refractivity contribution in [1.29, 1.82) is 0 Å². The van der Waals surface area contributed by atoms with Gasteiger partial charge in [-0.15, -0.1) is 0 Å². The van der Waals surface area contributed by atoms with Gasteiger partial charge in [0, 0.05) is 18.1 Å². The zero-order valence-corrected chi connectivity index (χ0v) is 55.7. The van der Waals surface area contributed by atoms with E-state index in [0.717, 1.165) is 113 Å². The van der Waals surface area contributed by atoms with E-state index in [1.807, 2.05) is 0 Å². The van der Waals surface area contributed by atoms with Crippen molar-refractivity contribution in [1.82, 2.24) is 16.0 Å². The standard InChI is InChI=1S/C26H46N2.2C25H44N2O.2CH4/c1-18-11-13-26(4,20(15-18)17-28-21-7-5-6-8-21)24-12-14-25(3)19(2)9-10-23(25)22(24)16-27;2*1-17-8-9-22-21(15-26)23(11-13-24(17,22)2)25(3)12-10-20(28)14-18(25)16-27-19-6-4-5-7-19;;/h18,20-24,28H,2,5-17,27H2,1,3-4H3;2*18-23,27-28H,1,4-16,26H2,2-3H3;2*1H4/t18-,20+,22-,23?,24?,25+,26-;2*18-,20+,21+,22?,23?,24-,25+;;/m011../s1. The number of aliphatic hydroxyl groups is 2. The van der Waals surface area contributed by atoms with E-state index >= 15 is 0 Å². The molecule has 8 nitrogen and oxygen atoms in total. The van der Waals surface area contributed by atoms with Gasteiger partial charge in [0.05, 0.1) is 12.2 Å². The highest BCUT2D eigenvalue weighted by atomic mass is 16.3. The smallest absolute Gasteiger partial charge is 0.0543 e. The fraction of sp³-hybridized carbons (Fsp3) is 0.923. The normalized spacial score (nSPS) is 46.3. The Kier molecular flexibility index (Phi) is 24.2. The van der Waals surface area contributed by atoms with Gasteiger partial charge < -0.3 is 43.4 Å². The number of nitrogens with one attached hydrogen (secondary N) is 3. The van der Waals surface area contributed by atoms with E-state index in [2.05, 4.69) is 84.2 Å². The van der Waals surface area contributed by atoms with E-state index in [0.29, 0.717) is 86.0 Å². The lowest BCUT2D eigenvalue weighted by Crippen LogP contribution is -2.54. The lowest BCUT2D eigenvalue weighted by molar-refractivity contribution is -0.0785. The Hall–Kier alpha value is -1.10. The van der Waals surface area contributed by atoms with Crippen molar-refractivity contribution < 1.29 is 10.2 Å². The van der Waals surface area contributed by atoms with Crippen molar-refractivity contribution in [3.63, 3.8) is 0 Å². The first-order valence-corrected chi connectivity index (χ1v) is 36.9. The first-order valence-electron chi connectivity index (χ1n) is 36.9. The number of aliphatic hydroxyl groups excluding tert-OH is 2. The summed E-state index contributed by atoms with van der Waals surface area (Å²) < 4.78 is 0. The highest BCUT2D eigenvalue weighted by Gasteiger charge is 2.60. The van der Waals surface area contributed by atoms with Crippen molar-refractivity contribution >= 4 is 0 Å². The molecule has 0 aromatic carbocycles. The summed E-state index contributed by atoms with van der Waals surface area (Å²) in [5.74, 6) is 9.22. The Bertz CT molecular complexity index is 1950. The monoisotopic (exact) mass is 1200 g/mol. The van der Waals surface area contributed by atoms with E-state index in [9.17, 15) is 10.2 Å². The lowest BCUT2D eigenvalue weighted by Gasteiger charge is -2.57. The van der Waals surface area contributed by atoms with Gasteiger partial charge >= 0.3 is 0 Å². The van der Waals surface area contributed by atoms with E-state index in [4.69, 9.17) is 17.2 Å². The maximum absolute atomic E-state index is 10.5. The predicted molar refractivity (Wildman–Crippen MR) is 367 cm³/mol. The number of allylic oxidation sites excluding steroid dienone is 3. The second-order valence-corrected chi connectivity index (χ2v) is 34.1. The molecule has 0 heterocycles. The molecule has 11 N–H and O–H groups in total. The zero-order valence-electron chi connectivity index (χ0n) is 55.7. The summed E-state index contributed by atoms with van der Waals surface area (Å²) in [7, 11) is 0. The molecule has 0 radical (unpaired) electrons. The van der Waals surface area contributed by atoms with Crippen LogP contribution in [0.25, 0.3) is 0 Å². The van der Waals surface area contributed by atoms with E-state index in [1.165, 1.54) is 197 Å². The molecular formula is C78H142N6O2. The first kappa shape index (κ1) is 70.8. The second-order valence-electron chi connectivity index (χ2n) is 34.1. The molecule has 12 saturated carbocycles. The predicted octanol–water partition coefficient (Wildman–Crippen LogP) is 16.5. The maximum Gasteiger partial charge on any atom is 0.0543 e. The highest BCUT2D eigenvalue weighted by molar-refractivity contribution is 5.24. The molecule has 0 bridgehead atoms. The van der Waals surface area contributed by atoms with Crippen LogP contribution in [0.2, 0.25) is 0 Å². The van der Waals surface area contributed by atoms with E-state index in [1.54, 1.807) is 0 Å². The number of rotatable bonds is 15. The van der Waals surface area contributed by atoms with Crippen LogP contribution in [0.1, 0.15) is 275 Å². The molecule has 0 amide bonds. The molecule has 6 unspecified atom stereocenters. The van der Waals surface area contributed by atoms with Crippen LogP contribution in [-0.4, -0.2) is 79.8 Å². The minimum atomic E-state index is -0.111. The molecule has 0 spiro atoms. The number of hydrogen-bond acceptors (Lipinski definition) is 8. The van der Waals surface area contributed by atoms with Crippen LogP contribution in [-0.2, 0) is 0 Å². The van der Waals surface area contributed by atoms with Gasteiger partial charge in [0.1, 0.15) is 0 Å². The van der Waals surface area contributed by atoms with Crippen LogP contribution in [0.5, 0.6) is 0 Å². The number of fused-ring (bicyclic) bond motifs is 3. The number of hydrogen-bond donors (Lipinski definition) is 8. The minimum Gasteiger partial charge on any atom is -0.393 e. The molecule has 0 aromatic rings. The van der Waals surface area contributed by atoms with Crippen molar-refractivity contribution in [3.8, 4) is 0 Å². The molecule has 12 aliphatic carbocycles. The van der Waals surface area contributed by atoms with Gasteiger partial charge in [0.15, 0.2) is 0 Å². The van der Waals surface area contributed by atoms with Crippen molar-refractivity contribution in [2.24, 2.45) is 127 Å². The Balaban J connectivity index is 0.000000166. The van der Waals surface area contributed by atoms with Crippen molar-refractivity contribution in [2.75, 3.05) is 39.3 Å². The third kappa shape index (κ3) is 13.9. The fourth-order valence-electron chi connectivity index (χ4n) is 24.2. The summed E-state index contributed by atoms with van der Waals surface area (Å²) in [5.41, 5.74) is 26.0. The molecular weight excluding hydrogens is 1050 g/mol. The number of nitrogens with two attached hydrogens (primary N) is 3. The third-order valence-electron chi connectivity index (χ3n) is 30.4. The van der Waals surface area contributed by atoms with Gasteiger partial charge in [-0.1, -0.05) is 145 Å². The quantitative estimate of drug-likeness (QED) is 0.0754. The summed E-state index contributed by atoms with van der Waals surface area (Å²) in [6.45, 7) is 37.0. The largest absolute Gasteiger partial charge is 0.393 e. The topological polar surface area (TPSA) is 155 Å². The summed E-state index contributed by atoms with van der Waals surface area (Å²) >= 11 is 0. The van der Waals surface area contributed by atoms with Crippen molar-refractivity contribution in [2.45, 2.75) is 306 Å². The summed E-state index contributed by atoms with van der Waals surface area (Å²) in [6.07, 6.45) is 42.2. The molecule has 0 aliphatic heterocycles. The van der Waals surface area contributed by atoms with Crippen molar-refractivity contribution in [3.05, 3.63) is 36.5 Å². The SMILES string of the molecule is C.C.C=C1CCC2[C@H](CN)C([C@@]3(C)CC[C@H](C)C[C@@H]3CNC3CCCC3)CC[C@]12C.C=C1CCC2[C@H](CN)C([C@@]3(C)CC[C@H](O)C[C@@H]3CNC3CCCC3)CC[C@]12C.C=C1CCC2[C@H](CN)C([C@@]3(C)CC[C@H](O)C[C@@H]3CNC3CCCC3)CC[C@]12C. The second kappa shape index (κ2) is 29.5. The Morgan fingerprint density at radius 2 is 0.663 bits per heavy atom. The zero-order chi connectivity index (χ0) is 59.8. The Morgan fingerprint density at radius 1 is 0.384 bits per heavy atom. The average Bonchev–Trinajstić information content (AvgIpc) is 1.38. The first-order chi connectivity index (χ1) is 40.1. The van der Waals surface area contributed by atoms with Crippen LogP contribution in [0, 0.1) is 109 Å². The molecule has 12 fully saturated rings. The molecule has 21 atom stereocenters. The fourth-order valence-corrected chi connectivity index (χ4v) is 24.2. The van der Waals surface area contributed by atoms with Gasteiger partial charge in [-0.05, 0) is 316 Å². The van der Waals surface area contributed by atoms with Crippen LogP contribution in [0.3, 0.4) is 0 Å². The third-order valence-corrected chi connectivity index (χ3v) is 30.4. The van der Waals surface area contributed by atoms with E-state index in [-0.39, 0.29) is 27.1 Å². The Morgan fingerprint density at radius 3 is 0.953 bits per heavy atom. The summed E-state index contributed by atoms with van der Waals surface area (Å²) in [5, 5.41) is 32.8. The van der Waals surface area contributed by atoms with Gasteiger partial charge in [0.25, 0.3) is 0 Å². The average molecular weight is 1200 g/mol. The molecule has 86 heavy (non-hydrogen) atoms. The molecule has 8 heteroatoms. The van der Waals surface area contributed by atoms with Crippen LogP contribution >= 0.6 is 0 Å². The van der Waals surface area contributed by atoms with Gasteiger partial charge in [-0.3, -0.25) is 0 Å². The van der Waals surface area contributed by atoms with Crippen LogP contribution in [0.15, 0.2) is 36.5 Å². The molecule has 0 saturated heterocycles. The Labute approximate surface area is 531 Å². The molecule has 0 aromatic heterocycles. The molecule has 12 aliphatic rings.